The molecule has 1 aromatic carbocycles. The number of amides is 2. The SMILES string of the molecule is COCCNC(=O)c1cc(CN2C[C@@H](C)O[C@@H](C)C2)ccc1NC(=O)c1csc(N2CC[C@H](OC)C2)n1. The van der Waals surface area contributed by atoms with Gasteiger partial charge >= 0.3 is 0 Å². The van der Waals surface area contributed by atoms with E-state index in [1.807, 2.05) is 12.1 Å². The van der Waals surface area contributed by atoms with Crippen LogP contribution in [0.15, 0.2) is 23.6 Å². The van der Waals surface area contributed by atoms with E-state index >= 15 is 0 Å². The summed E-state index contributed by atoms with van der Waals surface area (Å²) in [6.07, 6.45) is 1.43. The van der Waals surface area contributed by atoms with Crippen molar-refractivity contribution < 1.29 is 23.8 Å². The number of ether oxygens (including phenoxy) is 3. The lowest BCUT2D eigenvalue weighted by Crippen LogP contribution is -2.44. The number of benzene rings is 1. The van der Waals surface area contributed by atoms with E-state index < -0.39 is 0 Å². The molecule has 0 unspecified atom stereocenters. The molecule has 2 N–H and O–H groups in total. The predicted molar refractivity (Wildman–Crippen MR) is 144 cm³/mol. The highest BCUT2D eigenvalue weighted by atomic mass is 32.1. The summed E-state index contributed by atoms with van der Waals surface area (Å²) in [7, 11) is 3.30. The van der Waals surface area contributed by atoms with Crippen LogP contribution in [0.25, 0.3) is 0 Å². The lowest BCUT2D eigenvalue weighted by atomic mass is 10.1. The Labute approximate surface area is 222 Å². The first-order valence-electron chi connectivity index (χ1n) is 12.7. The van der Waals surface area contributed by atoms with Gasteiger partial charge in [-0.15, -0.1) is 11.3 Å². The van der Waals surface area contributed by atoms with Crippen molar-refractivity contribution in [2.45, 2.75) is 45.1 Å². The lowest BCUT2D eigenvalue weighted by Gasteiger charge is -2.35. The van der Waals surface area contributed by atoms with Crippen LogP contribution in [0.1, 0.15) is 46.7 Å². The van der Waals surface area contributed by atoms with E-state index in [4.69, 9.17) is 14.2 Å². The zero-order valence-electron chi connectivity index (χ0n) is 22.0. The number of aromatic nitrogens is 1. The summed E-state index contributed by atoms with van der Waals surface area (Å²) in [5.74, 6) is -0.612. The van der Waals surface area contributed by atoms with Crippen LogP contribution in [0.3, 0.4) is 0 Å². The number of carbonyl (C=O) groups is 2. The van der Waals surface area contributed by atoms with Gasteiger partial charge in [0.05, 0.1) is 36.2 Å². The number of hydrogen-bond acceptors (Lipinski definition) is 9. The maximum absolute atomic E-state index is 13.1. The van der Waals surface area contributed by atoms with Gasteiger partial charge in [0.15, 0.2) is 5.13 Å². The normalized spacial score (nSPS) is 22.3. The van der Waals surface area contributed by atoms with Gasteiger partial charge in [-0.25, -0.2) is 4.98 Å². The molecule has 2 fully saturated rings. The van der Waals surface area contributed by atoms with E-state index in [2.05, 4.69) is 39.3 Å². The maximum atomic E-state index is 13.1. The van der Waals surface area contributed by atoms with Crippen LogP contribution in [0.5, 0.6) is 0 Å². The lowest BCUT2D eigenvalue weighted by molar-refractivity contribution is -0.0704. The molecule has 2 amide bonds. The number of rotatable bonds is 10. The molecule has 10 nitrogen and oxygen atoms in total. The van der Waals surface area contributed by atoms with Crippen LogP contribution in [-0.2, 0) is 20.8 Å². The number of morpholine rings is 1. The van der Waals surface area contributed by atoms with Crippen molar-refractivity contribution in [3.05, 3.63) is 40.4 Å². The van der Waals surface area contributed by atoms with Crippen LogP contribution >= 0.6 is 11.3 Å². The van der Waals surface area contributed by atoms with Gasteiger partial charge in [0.25, 0.3) is 11.8 Å². The Hall–Kier alpha value is -2.57. The molecule has 0 aliphatic carbocycles. The molecule has 0 radical (unpaired) electrons. The second kappa shape index (κ2) is 12.8. The summed E-state index contributed by atoms with van der Waals surface area (Å²) in [5.41, 5.74) is 2.18. The van der Waals surface area contributed by atoms with E-state index in [1.165, 1.54) is 11.3 Å². The van der Waals surface area contributed by atoms with Crippen molar-refractivity contribution in [3.8, 4) is 0 Å². The van der Waals surface area contributed by atoms with Crippen molar-refractivity contribution in [1.29, 1.82) is 0 Å². The van der Waals surface area contributed by atoms with Gasteiger partial charge in [0.1, 0.15) is 5.69 Å². The highest BCUT2D eigenvalue weighted by Gasteiger charge is 2.26. The first kappa shape index (κ1) is 27.5. The average molecular weight is 532 g/mol. The molecular weight excluding hydrogens is 494 g/mol. The summed E-state index contributed by atoms with van der Waals surface area (Å²) in [6, 6.07) is 5.60. The Kier molecular flexibility index (Phi) is 9.49. The van der Waals surface area contributed by atoms with Crippen LogP contribution in [0, 0.1) is 0 Å². The fourth-order valence-electron chi connectivity index (χ4n) is 4.81. The largest absolute Gasteiger partial charge is 0.383 e. The highest BCUT2D eigenvalue weighted by Crippen LogP contribution is 2.27. The van der Waals surface area contributed by atoms with Gasteiger partial charge in [-0.1, -0.05) is 6.07 Å². The van der Waals surface area contributed by atoms with E-state index in [-0.39, 0.29) is 30.1 Å². The number of hydrogen-bond donors (Lipinski definition) is 2. The summed E-state index contributed by atoms with van der Waals surface area (Å²) in [6.45, 7) is 8.87. The third kappa shape index (κ3) is 7.26. The van der Waals surface area contributed by atoms with Crippen molar-refractivity contribution in [1.82, 2.24) is 15.2 Å². The summed E-state index contributed by atoms with van der Waals surface area (Å²) in [4.78, 5) is 35.1. The Morgan fingerprint density at radius 1 is 1.16 bits per heavy atom. The molecule has 4 rings (SSSR count). The molecule has 2 aliphatic rings. The number of nitrogens with zero attached hydrogens (tertiary/aromatic N) is 3. The topological polar surface area (TPSA) is 105 Å². The van der Waals surface area contributed by atoms with Gasteiger partial charge in [-0.2, -0.15) is 0 Å². The fraction of sp³-hybridized carbons (Fsp3) is 0.577. The Bertz CT molecular complexity index is 1070. The van der Waals surface area contributed by atoms with Crippen molar-refractivity contribution >= 4 is 34.0 Å². The molecule has 0 spiro atoms. The zero-order valence-corrected chi connectivity index (χ0v) is 22.8. The van der Waals surface area contributed by atoms with Crippen LogP contribution in [0.4, 0.5) is 10.8 Å². The summed E-state index contributed by atoms with van der Waals surface area (Å²) >= 11 is 1.43. The monoisotopic (exact) mass is 531 g/mol. The van der Waals surface area contributed by atoms with Crippen molar-refractivity contribution in [3.63, 3.8) is 0 Å². The molecule has 202 valence electrons. The third-order valence-corrected chi connectivity index (χ3v) is 7.44. The minimum Gasteiger partial charge on any atom is -0.383 e. The predicted octanol–water partition coefficient (Wildman–Crippen LogP) is 2.61. The van der Waals surface area contributed by atoms with Gasteiger partial charge < -0.3 is 29.7 Å². The highest BCUT2D eigenvalue weighted by molar-refractivity contribution is 7.14. The number of anilines is 2. The molecule has 2 aromatic rings. The Morgan fingerprint density at radius 2 is 1.95 bits per heavy atom. The van der Waals surface area contributed by atoms with Crippen molar-refractivity contribution in [2.24, 2.45) is 0 Å². The number of methoxy groups -OCH3 is 2. The Balaban J connectivity index is 1.49. The molecule has 0 bridgehead atoms. The molecule has 37 heavy (non-hydrogen) atoms. The molecule has 1 aromatic heterocycles. The molecule has 2 saturated heterocycles. The first-order valence-corrected chi connectivity index (χ1v) is 13.6. The zero-order chi connectivity index (χ0) is 26.4. The van der Waals surface area contributed by atoms with Gasteiger partial charge in [0, 0.05) is 58.9 Å². The smallest absolute Gasteiger partial charge is 0.275 e. The second-order valence-electron chi connectivity index (χ2n) is 9.64. The summed E-state index contributed by atoms with van der Waals surface area (Å²) < 4.78 is 16.3. The van der Waals surface area contributed by atoms with Gasteiger partial charge in [0.2, 0.25) is 0 Å². The van der Waals surface area contributed by atoms with E-state index in [0.717, 1.165) is 43.3 Å². The van der Waals surface area contributed by atoms with Gasteiger partial charge in [-0.05, 0) is 38.0 Å². The molecule has 3 atom stereocenters. The quantitative estimate of drug-likeness (QED) is 0.451. The number of nitrogens with one attached hydrogen (secondary N) is 2. The molecule has 0 saturated carbocycles. The molecular formula is C26H37N5O5S. The van der Waals surface area contributed by atoms with E-state index in [0.29, 0.717) is 36.6 Å². The standard InChI is InChI=1S/C26H37N5O5S/c1-17-12-30(13-18(2)36-17)14-19-5-6-22(21(11-19)24(32)27-8-10-34-3)28-25(33)23-16-37-26(29-23)31-9-7-20(15-31)35-4/h5-6,11,16-18,20H,7-10,12-15H2,1-4H3,(H,27,32)(H,28,33)/t17-,18+,20-/m0/s1. The third-order valence-electron chi connectivity index (χ3n) is 6.54. The number of thiazole rings is 1. The molecule has 2 aliphatic heterocycles. The van der Waals surface area contributed by atoms with E-state index in [9.17, 15) is 9.59 Å². The average Bonchev–Trinajstić information content (AvgIpc) is 3.54. The number of carbonyl (C=O) groups excluding carboxylic acids is 2. The minimum absolute atomic E-state index is 0.156. The summed E-state index contributed by atoms with van der Waals surface area (Å²) in [5, 5.41) is 8.32. The molecule has 11 heteroatoms. The Morgan fingerprint density at radius 3 is 2.65 bits per heavy atom. The van der Waals surface area contributed by atoms with Crippen LogP contribution < -0.4 is 15.5 Å². The fourth-order valence-corrected chi connectivity index (χ4v) is 5.66. The minimum atomic E-state index is -0.348. The second-order valence-corrected chi connectivity index (χ2v) is 10.5. The van der Waals surface area contributed by atoms with Crippen LogP contribution in [0.2, 0.25) is 0 Å². The van der Waals surface area contributed by atoms with E-state index in [1.54, 1.807) is 25.7 Å². The van der Waals surface area contributed by atoms with Crippen LogP contribution in [-0.4, -0.2) is 93.6 Å². The van der Waals surface area contributed by atoms with Gasteiger partial charge in [-0.3, -0.25) is 14.5 Å². The maximum Gasteiger partial charge on any atom is 0.275 e. The van der Waals surface area contributed by atoms with Crippen molar-refractivity contribution in [2.75, 3.05) is 63.8 Å². The molecule has 3 heterocycles. The first-order chi connectivity index (χ1) is 17.9.